The lowest BCUT2D eigenvalue weighted by Gasteiger charge is -2.36. The van der Waals surface area contributed by atoms with Gasteiger partial charge in [0.25, 0.3) is 0 Å². The minimum Gasteiger partial charge on any atom is -0.372 e. The van der Waals surface area contributed by atoms with Gasteiger partial charge in [0.05, 0.1) is 0 Å². The maximum absolute atomic E-state index is 12.5. The lowest BCUT2D eigenvalue weighted by molar-refractivity contribution is 0.194. The second-order valence-corrected chi connectivity index (χ2v) is 8.12. The van der Waals surface area contributed by atoms with Crippen molar-refractivity contribution in [1.82, 2.24) is 10.2 Å². The Balaban J connectivity index is 1.26. The van der Waals surface area contributed by atoms with Gasteiger partial charge in [-0.2, -0.15) is 0 Å². The van der Waals surface area contributed by atoms with Crippen molar-refractivity contribution >= 4 is 17.4 Å². The quantitative estimate of drug-likeness (QED) is 0.854. The number of aryl methyl sites for hydroxylation is 1. The zero-order valence-corrected chi connectivity index (χ0v) is 17.4. The highest BCUT2D eigenvalue weighted by molar-refractivity contribution is 5.74. The average Bonchev–Trinajstić information content (AvgIpc) is 2.79. The summed E-state index contributed by atoms with van der Waals surface area (Å²) in [6, 6.07) is 17.2. The van der Waals surface area contributed by atoms with Gasteiger partial charge in [-0.05, 0) is 61.6 Å². The molecular weight excluding hydrogens is 360 g/mol. The van der Waals surface area contributed by atoms with Crippen LogP contribution in [0.2, 0.25) is 0 Å². The van der Waals surface area contributed by atoms with Gasteiger partial charge in [-0.15, -0.1) is 0 Å². The van der Waals surface area contributed by atoms with Gasteiger partial charge >= 0.3 is 6.03 Å². The molecular formula is C24H32N4O. The Morgan fingerprint density at radius 1 is 0.793 bits per heavy atom. The van der Waals surface area contributed by atoms with Gasteiger partial charge in [0, 0.05) is 57.2 Å². The first kappa shape index (κ1) is 19.6. The molecule has 4 rings (SSSR count). The molecule has 2 aliphatic heterocycles. The van der Waals surface area contributed by atoms with Gasteiger partial charge in [0.2, 0.25) is 0 Å². The Kier molecular flexibility index (Phi) is 6.23. The Hall–Kier alpha value is -2.69. The van der Waals surface area contributed by atoms with E-state index in [4.69, 9.17) is 0 Å². The smallest absolute Gasteiger partial charge is 0.317 e. The van der Waals surface area contributed by atoms with E-state index in [1.807, 2.05) is 17.0 Å². The number of anilines is 2. The minimum atomic E-state index is 0.0355. The van der Waals surface area contributed by atoms with Gasteiger partial charge in [-0.3, -0.25) is 0 Å². The summed E-state index contributed by atoms with van der Waals surface area (Å²) in [5.41, 5.74) is 4.98. The van der Waals surface area contributed by atoms with Crippen LogP contribution in [0.5, 0.6) is 0 Å². The van der Waals surface area contributed by atoms with Crippen LogP contribution in [0.25, 0.3) is 0 Å². The van der Waals surface area contributed by atoms with Crippen LogP contribution in [-0.2, 0) is 6.54 Å². The molecule has 0 bridgehead atoms. The van der Waals surface area contributed by atoms with Crippen molar-refractivity contribution in [3.05, 3.63) is 59.7 Å². The summed E-state index contributed by atoms with van der Waals surface area (Å²) < 4.78 is 0. The molecule has 0 atom stereocenters. The summed E-state index contributed by atoms with van der Waals surface area (Å²) in [4.78, 5) is 19.3. The van der Waals surface area contributed by atoms with Gasteiger partial charge < -0.3 is 20.0 Å². The van der Waals surface area contributed by atoms with Crippen LogP contribution in [0.1, 0.15) is 30.4 Å². The number of carbonyl (C=O) groups excluding carboxylic acids is 1. The zero-order valence-electron chi connectivity index (χ0n) is 17.4. The van der Waals surface area contributed by atoms with Crippen LogP contribution < -0.4 is 15.1 Å². The van der Waals surface area contributed by atoms with Crippen LogP contribution in [0.3, 0.4) is 0 Å². The van der Waals surface area contributed by atoms with Crippen molar-refractivity contribution in [3.63, 3.8) is 0 Å². The number of piperazine rings is 1. The van der Waals surface area contributed by atoms with E-state index in [0.29, 0.717) is 6.54 Å². The number of carbonyl (C=O) groups is 1. The Morgan fingerprint density at radius 2 is 1.38 bits per heavy atom. The van der Waals surface area contributed by atoms with E-state index in [0.717, 1.165) is 26.2 Å². The van der Waals surface area contributed by atoms with Crippen molar-refractivity contribution in [3.8, 4) is 0 Å². The van der Waals surface area contributed by atoms with Crippen molar-refractivity contribution < 1.29 is 4.79 Å². The Morgan fingerprint density at radius 3 is 2.00 bits per heavy atom. The van der Waals surface area contributed by atoms with E-state index in [9.17, 15) is 4.79 Å². The summed E-state index contributed by atoms with van der Waals surface area (Å²) in [7, 11) is 0. The van der Waals surface area contributed by atoms with E-state index in [1.165, 1.54) is 54.9 Å². The third-order valence-electron chi connectivity index (χ3n) is 6.19. The predicted molar refractivity (Wildman–Crippen MR) is 120 cm³/mol. The van der Waals surface area contributed by atoms with Gasteiger partial charge in [-0.1, -0.05) is 24.3 Å². The Bertz CT molecular complexity index is 806. The average molecular weight is 393 g/mol. The molecule has 0 unspecified atom stereocenters. The fraction of sp³-hybridized carbons (Fsp3) is 0.458. The monoisotopic (exact) mass is 392 g/mol. The summed E-state index contributed by atoms with van der Waals surface area (Å²) >= 11 is 0. The third-order valence-corrected chi connectivity index (χ3v) is 6.19. The van der Waals surface area contributed by atoms with Crippen molar-refractivity contribution in [2.75, 3.05) is 49.1 Å². The van der Waals surface area contributed by atoms with E-state index in [1.54, 1.807) is 0 Å². The highest BCUT2D eigenvalue weighted by Crippen LogP contribution is 2.24. The van der Waals surface area contributed by atoms with Crippen molar-refractivity contribution in [2.24, 2.45) is 0 Å². The normalized spacial score (nSPS) is 17.3. The molecule has 2 amide bonds. The number of hydrogen-bond donors (Lipinski definition) is 1. The molecule has 154 valence electrons. The molecule has 29 heavy (non-hydrogen) atoms. The van der Waals surface area contributed by atoms with Crippen LogP contribution in [0, 0.1) is 6.92 Å². The number of amides is 2. The van der Waals surface area contributed by atoms with E-state index in [2.05, 4.69) is 58.4 Å². The number of piperidine rings is 1. The van der Waals surface area contributed by atoms with E-state index in [-0.39, 0.29) is 6.03 Å². The van der Waals surface area contributed by atoms with Crippen molar-refractivity contribution in [1.29, 1.82) is 0 Å². The number of urea groups is 1. The van der Waals surface area contributed by atoms with E-state index >= 15 is 0 Å². The summed E-state index contributed by atoms with van der Waals surface area (Å²) in [5, 5.41) is 3.07. The largest absolute Gasteiger partial charge is 0.372 e. The molecule has 2 aromatic rings. The molecule has 2 fully saturated rings. The molecule has 2 aromatic carbocycles. The van der Waals surface area contributed by atoms with Gasteiger partial charge in [-0.25, -0.2) is 4.79 Å². The van der Waals surface area contributed by atoms with E-state index < -0.39 is 0 Å². The zero-order chi connectivity index (χ0) is 20.1. The summed E-state index contributed by atoms with van der Waals surface area (Å²) in [5.74, 6) is 0. The topological polar surface area (TPSA) is 38.8 Å². The molecule has 0 spiro atoms. The van der Waals surface area contributed by atoms with Gasteiger partial charge in [0.1, 0.15) is 0 Å². The second-order valence-electron chi connectivity index (χ2n) is 8.12. The Labute approximate surface area is 174 Å². The maximum atomic E-state index is 12.5. The molecule has 0 saturated carbocycles. The third kappa shape index (κ3) is 4.84. The van der Waals surface area contributed by atoms with Crippen LogP contribution in [-0.4, -0.2) is 50.2 Å². The number of nitrogens with zero attached hydrogens (tertiary/aromatic N) is 3. The number of benzene rings is 2. The van der Waals surface area contributed by atoms with Crippen LogP contribution in [0.15, 0.2) is 48.5 Å². The highest BCUT2D eigenvalue weighted by atomic mass is 16.2. The number of hydrogen-bond acceptors (Lipinski definition) is 3. The first-order valence-corrected chi connectivity index (χ1v) is 10.9. The van der Waals surface area contributed by atoms with Crippen LogP contribution >= 0.6 is 0 Å². The molecule has 5 heteroatoms. The molecule has 2 saturated heterocycles. The SMILES string of the molecule is Cc1ccccc1CNC(=O)N1CCN(c2ccc(N3CCCCC3)cc2)CC1. The highest BCUT2D eigenvalue weighted by Gasteiger charge is 2.21. The minimum absolute atomic E-state index is 0.0355. The molecule has 1 N–H and O–H groups in total. The second kappa shape index (κ2) is 9.21. The molecule has 0 aliphatic carbocycles. The van der Waals surface area contributed by atoms with Crippen molar-refractivity contribution in [2.45, 2.75) is 32.7 Å². The summed E-state index contributed by atoms with van der Waals surface area (Å²) in [6.45, 7) is 8.29. The predicted octanol–water partition coefficient (Wildman–Crippen LogP) is 4.02. The first-order valence-electron chi connectivity index (χ1n) is 10.9. The molecule has 2 aliphatic rings. The standard InChI is InChI=1S/C24H32N4O/c1-20-7-3-4-8-21(20)19-25-24(29)28-17-15-27(16-18-28)23-11-9-22(10-12-23)26-13-5-2-6-14-26/h3-4,7-12H,2,5-6,13-19H2,1H3,(H,25,29). The first-order chi connectivity index (χ1) is 14.2. The molecule has 0 aromatic heterocycles. The fourth-order valence-corrected chi connectivity index (χ4v) is 4.29. The number of rotatable bonds is 4. The fourth-order valence-electron chi connectivity index (χ4n) is 4.29. The van der Waals surface area contributed by atoms with Crippen LogP contribution in [0.4, 0.5) is 16.2 Å². The maximum Gasteiger partial charge on any atom is 0.317 e. The number of nitrogens with one attached hydrogen (secondary N) is 1. The van der Waals surface area contributed by atoms with Gasteiger partial charge in [0.15, 0.2) is 0 Å². The lowest BCUT2D eigenvalue weighted by Crippen LogP contribution is -2.51. The molecule has 2 heterocycles. The lowest BCUT2D eigenvalue weighted by atomic mass is 10.1. The molecule has 5 nitrogen and oxygen atoms in total. The molecule has 0 radical (unpaired) electrons. The summed E-state index contributed by atoms with van der Waals surface area (Å²) in [6.07, 6.45) is 3.96.